The van der Waals surface area contributed by atoms with Crippen LogP contribution in [0.25, 0.3) is 0 Å². The lowest BCUT2D eigenvalue weighted by Crippen LogP contribution is -2.05. The molecule has 0 N–H and O–H groups in total. The summed E-state index contributed by atoms with van der Waals surface area (Å²) in [6.45, 7) is 4.25. The zero-order valence-corrected chi connectivity index (χ0v) is 11.4. The van der Waals surface area contributed by atoms with Gasteiger partial charge in [-0.3, -0.25) is 4.79 Å². The minimum absolute atomic E-state index is 0.245. The Kier molecular flexibility index (Phi) is 4.40. The van der Waals surface area contributed by atoms with Gasteiger partial charge in [-0.15, -0.1) is 0 Å². The highest BCUT2D eigenvalue weighted by Crippen LogP contribution is 2.29. The zero-order chi connectivity index (χ0) is 13.0. The van der Waals surface area contributed by atoms with E-state index >= 15 is 0 Å². The number of rotatable bonds is 6. The Balaban J connectivity index is 1.93. The molecule has 1 aliphatic rings. The Morgan fingerprint density at radius 3 is 2.94 bits per heavy atom. The van der Waals surface area contributed by atoms with Gasteiger partial charge >= 0.3 is 0 Å². The average Bonchev–Trinajstić information content (AvgIpc) is 2.73. The van der Waals surface area contributed by atoms with E-state index in [1.807, 2.05) is 18.2 Å². The Hall–Kier alpha value is -1.31. The first-order valence-corrected chi connectivity index (χ1v) is 7.03. The number of Topliss-reactive ketones (excluding diaryl/α,β-unsaturated/α-hetero) is 1. The molecule has 2 heteroatoms. The number of hydrogen-bond donors (Lipinski definition) is 0. The van der Waals surface area contributed by atoms with Gasteiger partial charge < -0.3 is 4.74 Å². The zero-order valence-electron chi connectivity index (χ0n) is 11.4. The van der Waals surface area contributed by atoms with Crippen molar-refractivity contribution in [2.45, 2.75) is 58.5 Å². The van der Waals surface area contributed by atoms with Crippen LogP contribution in [0.4, 0.5) is 0 Å². The summed E-state index contributed by atoms with van der Waals surface area (Å²) < 4.78 is 5.64. The van der Waals surface area contributed by atoms with Crippen LogP contribution in [0.15, 0.2) is 18.2 Å². The number of fused-ring (bicyclic) bond motifs is 1. The summed E-state index contributed by atoms with van der Waals surface area (Å²) in [6, 6.07) is 5.86. The van der Waals surface area contributed by atoms with Crippen molar-refractivity contribution in [3.63, 3.8) is 0 Å². The van der Waals surface area contributed by atoms with Gasteiger partial charge in [0.15, 0.2) is 5.78 Å². The van der Waals surface area contributed by atoms with E-state index in [-0.39, 0.29) is 11.9 Å². The van der Waals surface area contributed by atoms with Crippen LogP contribution in [0.1, 0.15) is 61.9 Å². The number of hydrogen-bond acceptors (Lipinski definition) is 2. The Labute approximate surface area is 109 Å². The van der Waals surface area contributed by atoms with Crippen LogP contribution in [0.2, 0.25) is 0 Å². The van der Waals surface area contributed by atoms with Crippen LogP contribution in [0, 0.1) is 0 Å². The molecule has 0 aromatic heterocycles. The normalized spacial score (nSPS) is 17.3. The Bertz CT molecular complexity index is 423. The van der Waals surface area contributed by atoms with Gasteiger partial charge in [0.25, 0.3) is 0 Å². The molecule has 18 heavy (non-hydrogen) atoms. The number of unbranched alkanes of at least 4 members (excludes halogenated alkanes) is 3. The van der Waals surface area contributed by atoms with Crippen molar-refractivity contribution in [2.75, 3.05) is 0 Å². The van der Waals surface area contributed by atoms with Crippen LogP contribution in [0.3, 0.4) is 0 Å². The summed E-state index contributed by atoms with van der Waals surface area (Å²) in [5.41, 5.74) is 2.03. The third-order valence-electron chi connectivity index (χ3n) is 3.48. The van der Waals surface area contributed by atoms with Gasteiger partial charge in [-0.2, -0.15) is 0 Å². The molecule has 1 heterocycles. The van der Waals surface area contributed by atoms with E-state index in [0.29, 0.717) is 6.42 Å². The molecule has 2 rings (SSSR count). The SMILES string of the molecule is CCCCCCC(=O)c1ccc2c(c1)CC(C)O2. The lowest BCUT2D eigenvalue weighted by atomic mass is 10.0. The van der Waals surface area contributed by atoms with Crippen LogP contribution in [0.5, 0.6) is 5.75 Å². The highest BCUT2D eigenvalue weighted by atomic mass is 16.5. The van der Waals surface area contributed by atoms with Gasteiger partial charge in [0, 0.05) is 18.4 Å². The van der Waals surface area contributed by atoms with E-state index in [9.17, 15) is 4.79 Å². The number of carbonyl (C=O) groups is 1. The lowest BCUT2D eigenvalue weighted by Gasteiger charge is -2.04. The molecule has 0 saturated heterocycles. The van der Waals surface area contributed by atoms with E-state index in [4.69, 9.17) is 4.74 Å². The van der Waals surface area contributed by atoms with E-state index in [0.717, 1.165) is 30.6 Å². The molecular formula is C16H22O2. The number of ketones is 1. The van der Waals surface area contributed by atoms with Crippen molar-refractivity contribution in [2.24, 2.45) is 0 Å². The standard InChI is InChI=1S/C16H22O2/c1-3-4-5-6-7-15(17)13-8-9-16-14(11-13)10-12(2)18-16/h8-9,11-12H,3-7,10H2,1-2H3. The minimum atomic E-state index is 0.245. The maximum Gasteiger partial charge on any atom is 0.162 e. The lowest BCUT2D eigenvalue weighted by molar-refractivity contribution is 0.0979. The van der Waals surface area contributed by atoms with Gasteiger partial charge in [-0.1, -0.05) is 26.2 Å². The van der Waals surface area contributed by atoms with Crippen molar-refractivity contribution >= 4 is 5.78 Å². The number of benzene rings is 1. The van der Waals surface area contributed by atoms with Crippen molar-refractivity contribution in [1.82, 2.24) is 0 Å². The monoisotopic (exact) mass is 246 g/mol. The maximum absolute atomic E-state index is 12.0. The quantitative estimate of drug-likeness (QED) is 0.556. The van der Waals surface area contributed by atoms with E-state index in [1.165, 1.54) is 18.4 Å². The molecular weight excluding hydrogens is 224 g/mol. The van der Waals surface area contributed by atoms with Crippen LogP contribution in [-0.4, -0.2) is 11.9 Å². The summed E-state index contributed by atoms with van der Waals surface area (Å²) in [7, 11) is 0. The highest BCUT2D eigenvalue weighted by Gasteiger charge is 2.20. The molecule has 0 amide bonds. The van der Waals surface area contributed by atoms with Crippen molar-refractivity contribution in [3.8, 4) is 5.75 Å². The second-order valence-electron chi connectivity index (χ2n) is 5.19. The van der Waals surface area contributed by atoms with Crippen molar-refractivity contribution < 1.29 is 9.53 Å². The molecule has 1 unspecified atom stereocenters. The van der Waals surface area contributed by atoms with Gasteiger partial charge in [0.1, 0.15) is 11.9 Å². The first-order chi connectivity index (χ1) is 8.70. The van der Waals surface area contributed by atoms with Crippen LogP contribution in [-0.2, 0) is 6.42 Å². The number of carbonyl (C=O) groups excluding carboxylic acids is 1. The predicted octanol–water partition coefficient (Wildman–Crippen LogP) is 4.16. The second-order valence-corrected chi connectivity index (χ2v) is 5.19. The molecule has 1 aliphatic heterocycles. The van der Waals surface area contributed by atoms with Gasteiger partial charge in [-0.25, -0.2) is 0 Å². The summed E-state index contributed by atoms with van der Waals surface area (Å²) in [5.74, 6) is 1.22. The fourth-order valence-corrected chi connectivity index (χ4v) is 2.45. The molecule has 1 aromatic rings. The molecule has 0 spiro atoms. The first kappa shape index (κ1) is 13.1. The molecule has 0 saturated carbocycles. The van der Waals surface area contributed by atoms with E-state index in [1.54, 1.807) is 0 Å². The third-order valence-corrected chi connectivity index (χ3v) is 3.48. The molecule has 1 aromatic carbocycles. The number of ether oxygens (including phenoxy) is 1. The minimum Gasteiger partial charge on any atom is -0.490 e. The van der Waals surface area contributed by atoms with Crippen molar-refractivity contribution in [1.29, 1.82) is 0 Å². The first-order valence-electron chi connectivity index (χ1n) is 7.03. The summed E-state index contributed by atoms with van der Waals surface area (Å²) >= 11 is 0. The fourth-order valence-electron chi connectivity index (χ4n) is 2.45. The van der Waals surface area contributed by atoms with E-state index < -0.39 is 0 Å². The average molecular weight is 246 g/mol. The third kappa shape index (κ3) is 3.12. The summed E-state index contributed by atoms with van der Waals surface area (Å²) in [4.78, 5) is 12.0. The van der Waals surface area contributed by atoms with Crippen LogP contribution >= 0.6 is 0 Å². The van der Waals surface area contributed by atoms with Crippen molar-refractivity contribution in [3.05, 3.63) is 29.3 Å². The summed E-state index contributed by atoms with van der Waals surface area (Å²) in [5, 5.41) is 0. The highest BCUT2D eigenvalue weighted by molar-refractivity contribution is 5.96. The van der Waals surface area contributed by atoms with Gasteiger partial charge in [-0.05, 0) is 37.1 Å². The molecule has 1 atom stereocenters. The largest absolute Gasteiger partial charge is 0.490 e. The molecule has 0 aliphatic carbocycles. The molecule has 0 fully saturated rings. The smallest absolute Gasteiger partial charge is 0.162 e. The Morgan fingerprint density at radius 1 is 1.33 bits per heavy atom. The Morgan fingerprint density at radius 2 is 2.17 bits per heavy atom. The molecule has 2 nitrogen and oxygen atoms in total. The topological polar surface area (TPSA) is 26.3 Å². The molecule has 0 bridgehead atoms. The van der Waals surface area contributed by atoms with Crippen LogP contribution < -0.4 is 4.74 Å². The van der Waals surface area contributed by atoms with Gasteiger partial charge in [0.2, 0.25) is 0 Å². The predicted molar refractivity (Wildman–Crippen MR) is 73.3 cm³/mol. The second kappa shape index (κ2) is 6.03. The van der Waals surface area contributed by atoms with Gasteiger partial charge in [0.05, 0.1) is 0 Å². The summed E-state index contributed by atoms with van der Waals surface area (Å²) in [6.07, 6.45) is 6.45. The molecule has 0 radical (unpaired) electrons. The maximum atomic E-state index is 12.0. The molecule has 98 valence electrons. The fraction of sp³-hybridized carbons (Fsp3) is 0.562. The van der Waals surface area contributed by atoms with E-state index in [2.05, 4.69) is 13.8 Å².